The standard InChI is InChI=1S/C9H19NO2/c1-8(2)7-11-3-4-12-9-5-10-6-9/h8-10H,3-7H2,1-2H3. The quantitative estimate of drug-likeness (QED) is 0.598. The normalized spacial score (nSPS) is 18.2. The summed E-state index contributed by atoms with van der Waals surface area (Å²) in [4.78, 5) is 0. The number of hydrogen-bond donors (Lipinski definition) is 1. The molecule has 0 unspecified atom stereocenters. The molecule has 1 fully saturated rings. The van der Waals surface area contributed by atoms with Gasteiger partial charge in [0, 0.05) is 19.7 Å². The molecule has 1 rings (SSSR count). The van der Waals surface area contributed by atoms with E-state index in [1.165, 1.54) is 0 Å². The van der Waals surface area contributed by atoms with Gasteiger partial charge < -0.3 is 14.8 Å². The summed E-state index contributed by atoms with van der Waals surface area (Å²) in [5, 5.41) is 3.15. The van der Waals surface area contributed by atoms with Crippen molar-refractivity contribution in [1.29, 1.82) is 0 Å². The Balaban J connectivity index is 1.76. The lowest BCUT2D eigenvalue weighted by Crippen LogP contribution is -2.48. The highest BCUT2D eigenvalue weighted by Crippen LogP contribution is 1.98. The van der Waals surface area contributed by atoms with Crippen LogP contribution >= 0.6 is 0 Å². The Kier molecular flexibility index (Phi) is 4.58. The van der Waals surface area contributed by atoms with Gasteiger partial charge in [0.1, 0.15) is 0 Å². The Labute approximate surface area is 74.4 Å². The minimum absolute atomic E-state index is 0.438. The van der Waals surface area contributed by atoms with Crippen LogP contribution in [0.25, 0.3) is 0 Å². The Bertz CT molecular complexity index is 113. The number of ether oxygens (including phenoxy) is 2. The van der Waals surface area contributed by atoms with Crippen molar-refractivity contribution in [3.8, 4) is 0 Å². The molecular formula is C9H19NO2. The van der Waals surface area contributed by atoms with Gasteiger partial charge >= 0.3 is 0 Å². The Morgan fingerprint density at radius 1 is 1.33 bits per heavy atom. The molecule has 1 saturated heterocycles. The molecule has 0 aromatic heterocycles. The predicted octanol–water partition coefficient (Wildman–Crippen LogP) is 0.647. The van der Waals surface area contributed by atoms with Crippen LogP contribution in [0, 0.1) is 5.92 Å². The fourth-order valence-electron chi connectivity index (χ4n) is 0.973. The van der Waals surface area contributed by atoms with Gasteiger partial charge in [0.15, 0.2) is 0 Å². The van der Waals surface area contributed by atoms with Gasteiger partial charge in [0.2, 0.25) is 0 Å². The van der Waals surface area contributed by atoms with E-state index in [-0.39, 0.29) is 0 Å². The summed E-state index contributed by atoms with van der Waals surface area (Å²) in [5.41, 5.74) is 0. The SMILES string of the molecule is CC(C)COCCOC1CNC1. The second-order valence-electron chi connectivity index (χ2n) is 3.62. The molecule has 0 bridgehead atoms. The highest BCUT2D eigenvalue weighted by molar-refractivity contribution is 4.74. The van der Waals surface area contributed by atoms with E-state index in [1.807, 2.05) is 0 Å². The summed E-state index contributed by atoms with van der Waals surface area (Å²) in [6, 6.07) is 0. The molecule has 12 heavy (non-hydrogen) atoms. The molecule has 0 atom stereocenters. The molecule has 0 saturated carbocycles. The van der Waals surface area contributed by atoms with Gasteiger partial charge in [0.05, 0.1) is 19.3 Å². The molecule has 0 aromatic rings. The average Bonchev–Trinajstić information content (AvgIpc) is 1.92. The lowest BCUT2D eigenvalue weighted by molar-refractivity contribution is -0.0204. The zero-order valence-electron chi connectivity index (χ0n) is 8.01. The van der Waals surface area contributed by atoms with Crippen molar-refractivity contribution in [1.82, 2.24) is 5.32 Å². The van der Waals surface area contributed by atoms with E-state index in [0.29, 0.717) is 12.0 Å². The second-order valence-corrected chi connectivity index (χ2v) is 3.62. The molecule has 1 heterocycles. The molecule has 0 aromatic carbocycles. The number of rotatable bonds is 6. The molecule has 3 nitrogen and oxygen atoms in total. The fraction of sp³-hybridized carbons (Fsp3) is 1.00. The third-order valence-electron chi connectivity index (χ3n) is 1.78. The highest BCUT2D eigenvalue weighted by Gasteiger charge is 2.16. The van der Waals surface area contributed by atoms with Crippen LogP contribution in [0.1, 0.15) is 13.8 Å². The van der Waals surface area contributed by atoms with Gasteiger partial charge in [-0.3, -0.25) is 0 Å². The number of nitrogens with one attached hydrogen (secondary N) is 1. The maximum Gasteiger partial charge on any atom is 0.0824 e. The molecule has 72 valence electrons. The van der Waals surface area contributed by atoms with Crippen LogP contribution in [0.5, 0.6) is 0 Å². The smallest absolute Gasteiger partial charge is 0.0824 e. The van der Waals surface area contributed by atoms with Gasteiger partial charge in [-0.15, -0.1) is 0 Å². The summed E-state index contributed by atoms with van der Waals surface area (Å²) in [6.07, 6.45) is 0.438. The lowest BCUT2D eigenvalue weighted by Gasteiger charge is -2.27. The van der Waals surface area contributed by atoms with Gasteiger partial charge in [-0.2, -0.15) is 0 Å². The van der Waals surface area contributed by atoms with Crippen LogP contribution in [0.4, 0.5) is 0 Å². The monoisotopic (exact) mass is 173 g/mol. The molecule has 1 N–H and O–H groups in total. The summed E-state index contributed by atoms with van der Waals surface area (Å²) < 4.78 is 10.8. The fourth-order valence-corrected chi connectivity index (χ4v) is 0.973. The minimum Gasteiger partial charge on any atom is -0.379 e. The molecule has 3 heteroatoms. The topological polar surface area (TPSA) is 30.5 Å². The van der Waals surface area contributed by atoms with Gasteiger partial charge in [-0.05, 0) is 5.92 Å². The minimum atomic E-state index is 0.438. The van der Waals surface area contributed by atoms with Crippen molar-refractivity contribution in [3.63, 3.8) is 0 Å². The van der Waals surface area contributed by atoms with E-state index >= 15 is 0 Å². The summed E-state index contributed by atoms with van der Waals surface area (Å²) in [5.74, 6) is 0.621. The maximum absolute atomic E-state index is 5.47. The summed E-state index contributed by atoms with van der Waals surface area (Å²) in [6.45, 7) is 8.61. The third-order valence-corrected chi connectivity index (χ3v) is 1.78. The first kappa shape index (κ1) is 9.96. The van der Waals surface area contributed by atoms with Gasteiger partial charge in [0.25, 0.3) is 0 Å². The van der Waals surface area contributed by atoms with Crippen molar-refractivity contribution < 1.29 is 9.47 Å². The van der Waals surface area contributed by atoms with Crippen molar-refractivity contribution in [3.05, 3.63) is 0 Å². The average molecular weight is 173 g/mol. The first-order chi connectivity index (χ1) is 5.79. The Morgan fingerprint density at radius 2 is 2.08 bits per heavy atom. The predicted molar refractivity (Wildman–Crippen MR) is 48.3 cm³/mol. The van der Waals surface area contributed by atoms with E-state index in [4.69, 9.17) is 9.47 Å². The van der Waals surface area contributed by atoms with E-state index in [1.54, 1.807) is 0 Å². The lowest BCUT2D eigenvalue weighted by atomic mass is 10.2. The second kappa shape index (κ2) is 5.51. The van der Waals surface area contributed by atoms with Crippen LogP contribution in [-0.4, -0.2) is 39.0 Å². The molecule has 0 spiro atoms. The molecule has 0 amide bonds. The van der Waals surface area contributed by atoms with Crippen molar-refractivity contribution in [2.24, 2.45) is 5.92 Å². The molecular weight excluding hydrogens is 154 g/mol. The van der Waals surface area contributed by atoms with Gasteiger partial charge in [-0.25, -0.2) is 0 Å². The summed E-state index contributed by atoms with van der Waals surface area (Å²) >= 11 is 0. The Hall–Kier alpha value is -0.120. The van der Waals surface area contributed by atoms with E-state index in [9.17, 15) is 0 Å². The summed E-state index contributed by atoms with van der Waals surface area (Å²) in [7, 11) is 0. The maximum atomic E-state index is 5.47. The van der Waals surface area contributed by atoms with Crippen molar-refractivity contribution >= 4 is 0 Å². The zero-order chi connectivity index (χ0) is 8.81. The highest BCUT2D eigenvalue weighted by atomic mass is 16.5. The molecule has 0 aliphatic carbocycles. The van der Waals surface area contributed by atoms with Gasteiger partial charge in [-0.1, -0.05) is 13.8 Å². The third kappa shape index (κ3) is 4.04. The zero-order valence-corrected chi connectivity index (χ0v) is 8.01. The largest absolute Gasteiger partial charge is 0.379 e. The van der Waals surface area contributed by atoms with E-state index in [0.717, 1.165) is 32.9 Å². The first-order valence-electron chi connectivity index (χ1n) is 4.69. The van der Waals surface area contributed by atoms with E-state index < -0.39 is 0 Å². The van der Waals surface area contributed by atoms with Crippen molar-refractivity contribution in [2.75, 3.05) is 32.9 Å². The van der Waals surface area contributed by atoms with Crippen LogP contribution in [-0.2, 0) is 9.47 Å². The molecule has 0 radical (unpaired) electrons. The van der Waals surface area contributed by atoms with Crippen LogP contribution in [0.3, 0.4) is 0 Å². The van der Waals surface area contributed by atoms with Crippen LogP contribution < -0.4 is 5.32 Å². The molecule has 1 aliphatic heterocycles. The Morgan fingerprint density at radius 3 is 2.58 bits per heavy atom. The molecule has 1 aliphatic rings. The van der Waals surface area contributed by atoms with Crippen molar-refractivity contribution in [2.45, 2.75) is 20.0 Å². The van der Waals surface area contributed by atoms with Crippen LogP contribution in [0.2, 0.25) is 0 Å². The van der Waals surface area contributed by atoms with Crippen LogP contribution in [0.15, 0.2) is 0 Å². The number of hydrogen-bond acceptors (Lipinski definition) is 3. The first-order valence-corrected chi connectivity index (χ1v) is 4.69. The van der Waals surface area contributed by atoms with E-state index in [2.05, 4.69) is 19.2 Å².